The van der Waals surface area contributed by atoms with Gasteiger partial charge in [0.05, 0.1) is 23.5 Å². The lowest BCUT2D eigenvalue weighted by atomic mass is 10.0. The van der Waals surface area contributed by atoms with Crippen LogP contribution in [0.4, 0.5) is 5.13 Å². The van der Waals surface area contributed by atoms with E-state index in [0.717, 1.165) is 10.0 Å². The quantitative estimate of drug-likeness (QED) is 0.869. The molecule has 8 heteroatoms. The summed E-state index contributed by atoms with van der Waals surface area (Å²) in [5, 5.41) is 4.23. The molecule has 114 valence electrons. The molecule has 0 spiro atoms. The number of hydrogen-bond donors (Lipinski definition) is 1. The van der Waals surface area contributed by atoms with Crippen LogP contribution in [0.15, 0.2) is 0 Å². The monoisotopic (exact) mass is 319 g/mol. The highest BCUT2D eigenvalue weighted by atomic mass is 32.2. The smallest absolute Gasteiger partial charge is 0.230 e. The van der Waals surface area contributed by atoms with Gasteiger partial charge in [0.1, 0.15) is 0 Å². The maximum absolute atomic E-state index is 11.6. The summed E-state index contributed by atoms with van der Waals surface area (Å²) in [5.41, 5.74) is -0.355. The largest absolute Gasteiger partial charge is 0.480 e. The fraction of sp³-hybridized carbons (Fsp3) is 0.750. The second kappa shape index (κ2) is 5.50. The zero-order valence-corrected chi connectivity index (χ0v) is 13.9. The highest BCUT2D eigenvalue weighted by Gasteiger charge is 2.38. The van der Waals surface area contributed by atoms with Gasteiger partial charge in [0, 0.05) is 26.2 Å². The van der Waals surface area contributed by atoms with E-state index >= 15 is 0 Å². The highest BCUT2D eigenvalue weighted by molar-refractivity contribution is 7.91. The van der Waals surface area contributed by atoms with Crippen molar-refractivity contribution in [3.05, 3.63) is 4.88 Å². The SMILES string of the molecule is COc1nc(N(C)C)sc1CNC1(C)CCS(=O)(=O)C1. The second-order valence-corrected chi connectivity index (χ2v) is 8.83. The summed E-state index contributed by atoms with van der Waals surface area (Å²) in [4.78, 5) is 7.31. The Labute approximate surface area is 124 Å². The van der Waals surface area contributed by atoms with E-state index in [4.69, 9.17) is 4.74 Å². The zero-order valence-electron chi connectivity index (χ0n) is 12.3. The third kappa shape index (κ3) is 3.42. The molecule has 1 aliphatic rings. The molecule has 0 bridgehead atoms. The van der Waals surface area contributed by atoms with Gasteiger partial charge in [0.2, 0.25) is 5.88 Å². The van der Waals surface area contributed by atoms with Gasteiger partial charge in [-0.3, -0.25) is 0 Å². The van der Waals surface area contributed by atoms with Crippen LogP contribution in [0.5, 0.6) is 5.88 Å². The molecule has 1 aliphatic heterocycles. The first-order valence-electron chi connectivity index (χ1n) is 6.41. The van der Waals surface area contributed by atoms with Crippen LogP contribution >= 0.6 is 11.3 Å². The molecule has 1 N–H and O–H groups in total. The van der Waals surface area contributed by atoms with Gasteiger partial charge in [-0.2, -0.15) is 4.98 Å². The van der Waals surface area contributed by atoms with Crippen LogP contribution in [0.1, 0.15) is 18.2 Å². The highest BCUT2D eigenvalue weighted by Crippen LogP contribution is 2.31. The van der Waals surface area contributed by atoms with E-state index in [1.54, 1.807) is 18.4 Å². The van der Waals surface area contributed by atoms with Gasteiger partial charge in [0.25, 0.3) is 0 Å². The summed E-state index contributed by atoms with van der Waals surface area (Å²) in [6.45, 7) is 2.53. The van der Waals surface area contributed by atoms with Crippen LogP contribution in [0.25, 0.3) is 0 Å². The fourth-order valence-corrected chi connectivity index (χ4v) is 5.25. The molecule has 6 nitrogen and oxygen atoms in total. The molecule has 1 fully saturated rings. The van der Waals surface area contributed by atoms with E-state index in [1.165, 1.54) is 0 Å². The van der Waals surface area contributed by atoms with Crippen LogP contribution < -0.4 is 15.0 Å². The first-order valence-corrected chi connectivity index (χ1v) is 9.05. The first-order chi connectivity index (χ1) is 9.25. The molecule has 1 aromatic rings. The van der Waals surface area contributed by atoms with Gasteiger partial charge in [0.15, 0.2) is 15.0 Å². The average molecular weight is 319 g/mol. The van der Waals surface area contributed by atoms with Gasteiger partial charge in [-0.05, 0) is 13.3 Å². The Morgan fingerprint density at radius 2 is 2.20 bits per heavy atom. The van der Waals surface area contributed by atoms with Crippen molar-refractivity contribution in [2.45, 2.75) is 25.4 Å². The molecule has 0 radical (unpaired) electrons. The summed E-state index contributed by atoms with van der Waals surface area (Å²) in [7, 11) is 2.56. The van der Waals surface area contributed by atoms with Gasteiger partial charge < -0.3 is 15.0 Å². The third-order valence-electron chi connectivity index (χ3n) is 3.41. The van der Waals surface area contributed by atoms with Crippen molar-refractivity contribution < 1.29 is 13.2 Å². The molecular formula is C12H21N3O3S2. The molecular weight excluding hydrogens is 298 g/mol. The van der Waals surface area contributed by atoms with E-state index in [0.29, 0.717) is 18.8 Å². The lowest BCUT2D eigenvalue weighted by molar-refractivity contribution is 0.375. The summed E-state index contributed by atoms with van der Waals surface area (Å²) in [6.07, 6.45) is 0.650. The maximum Gasteiger partial charge on any atom is 0.230 e. The number of rotatable bonds is 5. The third-order valence-corrected chi connectivity index (χ3v) is 6.51. The number of nitrogens with zero attached hydrogens (tertiary/aromatic N) is 2. The standard InChI is InChI=1S/C12H21N3O3S2/c1-12(5-6-20(16,17)8-12)13-7-9-10(18-4)14-11(19-9)15(2)3/h13H,5-8H2,1-4H3. The number of nitrogens with one attached hydrogen (secondary N) is 1. The molecule has 1 saturated heterocycles. The Bertz CT molecular complexity index is 583. The van der Waals surface area contributed by atoms with Crippen molar-refractivity contribution in [2.75, 3.05) is 37.6 Å². The number of anilines is 1. The van der Waals surface area contributed by atoms with Crippen molar-refractivity contribution in [1.29, 1.82) is 0 Å². The van der Waals surface area contributed by atoms with Crippen molar-refractivity contribution in [3.63, 3.8) is 0 Å². The molecule has 1 aromatic heterocycles. The normalized spacial score (nSPS) is 24.8. The lowest BCUT2D eigenvalue weighted by Crippen LogP contribution is -2.42. The molecule has 20 heavy (non-hydrogen) atoms. The number of hydrogen-bond acceptors (Lipinski definition) is 7. The minimum Gasteiger partial charge on any atom is -0.480 e. The molecule has 2 rings (SSSR count). The van der Waals surface area contributed by atoms with Gasteiger partial charge >= 0.3 is 0 Å². The Morgan fingerprint density at radius 3 is 2.70 bits per heavy atom. The van der Waals surface area contributed by atoms with E-state index in [-0.39, 0.29) is 17.0 Å². The molecule has 0 aromatic carbocycles. The van der Waals surface area contributed by atoms with Gasteiger partial charge in [-0.1, -0.05) is 11.3 Å². The number of thiazole rings is 1. The minimum atomic E-state index is -2.90. The molecule has 2 heterocycles. The number of aromatic nitrogens is 1. The average Bonchev–Trinajstić information content (AvgIpc) is 2.88. The summed E-state index contributed by atoms with van der Waals surface area (Å²) < 4.78 is 28.5. The molecule has 0 saturated carbocycles. The maximum atomic E-state index is 11.6. The molecule has 1 atom stereocenters. The van der Waals surface area contributed by atoms with Crippen molar-refractivity contribution in [1.82, 2.24) is 10.3 Å². The fourth-order valence-electron chi connectivity index (χ4n) is 2.23. The topological polar surface area (TPSA) is 71.5 Å². The van der Waals surface area contributed by atoms with E-state index in [1.807, 2.05) is 25.9 Å². The molecule has 0 amide bonds. The Hall–Kier alpha value is -0.860. The Morgan fingerprint density at radius 1 is 1.50 bits per heavy atom. The van der Waals surface area contributed by atoms with E-state index in [2.05, 4.69) is 10.3 Å². The van der Waals surface area contributed by atoms with Gasteiger partial charge in [-0.15, -0.1) is 0 Å². The van der Waals surface area contributed by atoms with Crippen LogP contribution in [0, 0.1) is 0 Å². The van der Waals surface area contributed by atoms with Crippen molar-refractivity contribution >= 4 is 26.3 Å². The first kappa shape index (κ1) is 15.5. The Balaban J connectivity index is 2.07. The summed E-state index contributed by atoms with van der Waals surface area (Å²) in [5.74, 6) is 1.07. The van der Waals surface area contributed by atoms with Crippen LogP contribution in [-0.4, -0.2) is 51.7 Å². The molecule has 1 unspecified atom stereocenters. The van der Waals surface area contributed by atoms with Crippen molar-refractivity contribution in [3.8, 4) is 5.88 Å². The van der Waals surface area contributed by atoms with Crippen LogP contribution in [-0.2, 0) is 16.4 Å². The van der Waals surface area contributed by atoms with Gasteiger partial charge in [-0.25, -0.2) is 8.42 Å². The summed E-state index contributed by atoms with van der Waals surface area (Å²) >= 11 is 1.55. The second-order valence-electron chi connectivity index (χ2n) is 5.58. The minimum absolute atomic E-state index is 0.196. The zero-order chi connectivity index (χ0) is 15.0. The summed E-state index contributed by atoms with van der Waals surface area (Å²) in [6, 6.07) is 0. The van der Waals surface area contributed by atoms with E-state index < -0.39 is 9.84 Å². The van der Waals surface area contributed by atoms with Crippen LogP contribution in [0.2, 0.25) is 0 Å². The Kier molecular flexibility index (Phi) is 4.27. The van der Waals surface area contributed by atoms with E-state index in [9.17, 15) is 8.42 Å². The lowest BCUT2D eigenvalue weighted by Gasteiger charge is -2.23. The predicted octanol–water partition coefficient (Wildman–Crippen LogP) is 0.885. The number of methoxy groups -OCH3 is 1. The van der Waals surface area contributed by atoms with Crippen LogP contribution in [0.3, 0.4) is 0 Å². The van der Waals surface area contributed by atoms with Crippen molar-refractivity contribution in [2.24, 2.45) is 0 Å². The predicted molar refractivity (Wildman–Crippen MR) is 81.5 cm³/mol. The molecule has 0 aliphatic carbocycles. The number of ether oxygens (including phenoxy) is 1. The number of sulfone groups is 1.